The van der Waals surface area contributed by atoms with Crippen LogP contribution in [0.1, 0.15) is 12.8 Å². The zero-order valence-electron chi connectivity index (χ0n) is 5.52. The molecule has 2 nitrogen and oxygen atoms in total. The third-order valence-corrected chi connectivity index (χ3v) is 1.53. The number of hydrogen-bond donors (Lipinski definition) is 0. The fraction of sp³-hybridized carbons (Fsp3) is 0.833. The summed E-state index contributed by atoms with van der Waals surface area (Å²) in [6.07, 6.45) is -1.22. The van der Waals surface area contributed by atoms with Crippen LogP contribution in [0.4, 0.5) is 8.78 Å². The van der Waals surface area contributed by atoms with Crippen LogP contribution in [0.15, 0.2) is 0 Å². The lowest BCUT2D eigenvalue weighted by atomic mass is 10.4. The van der Waals surface area contributed by atoms with E-state index in [0.29, 0.717) is 13.0 Å². The average molecular weight is 149 g/mol. The molecule has 0 saturated carbocycles. The minimum absolute atomic E-state index is 0.139. The molecule has 0 unspecified atom stereocenters. The first-order valence-electron chi connectivity index (χ1n) is 3.26. The van der Waals surface area contributed by atoms with Gasteiger partial charge in [0.25, 0.3) is 6.43 Å². The summed E-state index contributed by atoms with van der Waals surface area (Å²) in [5, 5.41) is 0. The van der Waals surface area contributed by atoms with E-state index in [1.54, 1.807) is 0 Å². The molecule has 1 fully saturated rings. The van der Waals surface area contributed by atoms with Crippen molar-refractivity contribution in [1.29, 1.82) is 0 Å². The molecule has 4 heteroatoms. The molecule has 0 aliphatic carbocycles. The summed E-state index contributed by atoms with van der Waals surface area (Å²) in [5.74, 6) is -0.139. The fourth-order valence-corrected chi connectivity index (χ4v) is 1.06. The molecule has 1 rings (SSSR count). The summed E-state index contributed by atoms with van der Waals surface area (Å²) in [7, 11) is 0. The van der Waals surface area contributed by atoms with Gasteiger partial charge in [-0.1, -0.05) is 0 Å². The molecule has 0 spiro atoms. The Morgan fingerprint density at radius 3 is 2.70 bits per heavy atom. The molecule has 0 N–H and O–H groups in total. The molecule has 0 aromatic rings. The summed E-state index contributed by atoms with van der Waals surface area (Å²) in [6, 6.07) is 0. The Labute approximate surface area is 57.8 Å². The number of alkyl halides is 2. The molecule has 0 aromatic carbocycles. The number of rotatable bonds is 2. The summed E-state index contributed by atoms with van der Waals surface area (Å²) < 4.78 is 23.3. The van der Waals surface area contributed by atoms with Crippen LogP contribution in [0, 0.1) is 0 Å². The maximum atomic E-state index is 11.7. The summed E-state index contributed by atoms with van der Waals surface area (Å²) in [5.41, 5.74) is 0. The van der Waals surface area contributed by atoms with Gasteiger partial charge in [0.1, 0.15) is 0 Å². The van der Waals surface area contributed by atoms with Crippen molar-refractivity contribution in [1.82, 2.24) is 4.90 Å². The van der Waals surface area contributed by atoms with E-state index in [-0.39, 0.29) is 5.91 Å². The predicted octanol–water partition coefficient (Wildman–Crippen LogP) is 0.874. The Balaban J connectivity index is 2.33. The molecule has 0 atom stereocenters. The summed E-state index contributed by atoms with van der Waals surface area (Å²) in [4.78, 5) is 11.9. The minimum atomic E-state index is -2.39. The van der Waals surface area contributed by atoms with Crippen molar-refractivity contribution in [3.63, 3.8) is 0 Å². The van der Waals surface area contributed by atoms with Gasteiger partial charge in [0, 0.05) is 13.0 Å². The molecule has 1 aliphatic heterocycles. The van der Waals surface area contributed by atoms with Crippen molar-refractivity contribution >= 4 is 5.91 Å². The van der Waals surface area contributed by atoms with Crippen LogP contribution < -0.4 is 0 Å². The Bertz CT molecular complexity index is 138. The van der Waals surface area contributed by atoms with Crippen molar-refractivity contribution in [3.8, 4) is 0 Å². The number of hydrogen-bond acceptors (Lipinski definition) is 1. The van der Waals surface area contributed by atoms with Gasteiger partial charge < -0.3 is 4.90 Å². The van der Waals surface area contributed by atoms with Gasteiger partial charge in [-0.3, -0.25) is 4.79 Å². The van der Waals surface area contributed by atoms with Crippen LogP contribution in [0.5, 0.6) is 0 Å². The van der Waals surface area contributed by atoms with Gasteiger partial charge in [-0.05, 0) is 6.42 Å². The van der Waals surface area contributed by atoms with Gasteiger partial charge in [-0.15, -0.1) is 0 Å². The van der Waals surface area contributed by atoms with Crippen molar-refractivity contribution in [3.05, 3.63) is 0 Å². The van der Waals surface area contributed by atoms with Crippen molar-refractivity contribution < 1.29 is 13.6 Å². The molecule has 0 aromatic heterocycles. The highest BCUT2D eigenvalue weighted by atomic mass is 19.3. The van der Waals surface area contributed by atoms with E-state index in [2.05, 4.69) is 0 Å². The lowest BCUT2D eigenvalue weighted by molar-refractivity contribution is -0.129. The highest BCUT2D eigenvalue weighted by Gasteiger charge is 2.22. The van der Waals surface area contributed by atoms with Crippen LogP contribution in [-0.2, 0) is 4.79 Å². The summed E-state index contributed by atoms with van der Waals surface area (Å²) >= 11 is 0. The number of carbonyl (C=O) groups is 1. The molecule has 1 heterocycles. The largest absolute Gasteiger partial charge is 0.337 e. The van der Waals surface area contributed by atoms with Crippen LogP contribution >= 0.6 is 0 Å². The number of halogens is 2. The normalized spacial score (nSPS) is 19.1. The van der Waals surface area contributed by atoms with Crippen molar-refractivity contribution in [2.75, 3.05) is 13.1 Å². The van der Waals surface area contributed by atoms with Gasteiger partial charge in [-0.2, -0.15) is 0 Å². The van der Waals surface area contributed by atoms with Crippen molar-refractivity contribution in [2.45, 2.75) is 19.3 Å². The zero-order chi connectivity index (χ0) is 7.56. The van der Waals surface area contributed by atoms with E-state index in [1.807, 2.05) is 0 Å². The van der Waals surface area contributed by atoms with Crippen molar-refractivity contribution in [2.24, 2.45) is 0 Å². The Morgan fingerprint density at radius 1 is 1.60 bits per heavy atom. The minimum Gasteiger partial charge on any atom is -0.337 e. The highest BCUT2D eigenvalue weighted by Crippen LogP contribution is 2.10. The second-order valence-corrected chi connectivity index (χ2v) is 2.33. The Hall–Kier alpha value is -0.670. The van der Waals surface area contributed by atoms with Crippen LogP contribution in [0.3, 0.4) is 0 Å². The third kappa shape index (κ3) is 1.65. The van der Waals surface area contributed by atoms with Gasteiger partial charge in [0.05, 0.1) is 6.54 Å². The second-order valence-electron chi connectivity index (χ2n) is 2.33. The monoisotopic (exact) mass is 149 g/mol. The van der Waals surface area contributed by atoms with E-state index in [0.717, 1.165) is 6.42 Å². The molecular formula is C6H9F2NO. The molecule has 10 heavy (non-hydrogen) atoms. The zero-order valence-corrected chi connectivity index (χ0v) is 5.52. The predicted molar refractivity (Wildman–Crippen MR) is 31.8 cm³/mol. The molecular weight excluding hydrogens is 140 g/mol. The lowest BCUT2D eigenvalue weighted by Crippen LogP contribution is -2.29. The maximum Gasteiger partial charge on any atom is 0.255 e. The van der Waals surface area contributed by atoms with E-state index in [4.69, 9.17) is 0 Å². The maximum absolute atomic E-state index is 11.7. The van der Waals surface area contributed by atoms with E-state index in [1.165, 1.54) is 4.90 Å². The van der Waals surface area contributed by atoms with E-state index < -0.39 is 13.0 Å². The van der Waals surface area contributed by atoms with Crippen LogP contribution in [0.25, 0.3) is 0 Å². The quantitative estimate of drug-likeness (QED) is 0.570. The average Bonchev–Trinajstić information content (AvgIpc) is 2.15. The molecule has 1 saturated heterocycles. The first-order chi connectivity index (χ1) is 4.70. The molecule has 0 radical (unpaired) electrons. The molecule has 0 bridgehead atoms. The van der Waals surface area contributed by atoms with Gasteiger partial charge in [0.2, 0.25) is 5.91 Å². The Kier molecular flexibility index (Phi) is 2.19. The lowest BCUT2D eigenvalue weighted by Gasteiger charge is -2.13. The first kappa shape index (κ1) is 7.44. The number of amides is 1. The standard InChI is InChI=1S/C6H9F2NO/c7-5(8)4-9-3-1-2-6(9)10/h5H,1-4H2. The molecule has 1 amide bonds. The number of nitrogens with zero attached hydrogens (tertiary/aromatic N) is 1. The summed E-state index contributed by atoms with van der Waals surface area (Å²) in [6.45, 7) is 0.113. The number of carbonyl (C=O) groups excluding carboxylic acids is 1. The number of likely N-dealkylation sites (tertiary alicyclic amines) is 1. The SMILES string of the molecule is O=C1CCCN1CC(F)F. The van der Waals surface area contributed by atoms with Gasteiger partial charge >= 0.3 is 0 Å². The molecule has 58 valence electrons. The van der Waals surface area contributed by atoms with Gasteiger partial charge in [-0.25, -0.2) is 8.78 Å². The topological polar surface area (TPSA) is 20.3 Å². The molecule has 1 aliphatic rings. The van der Waals surface area contributed by atoms with Crippen LogP contribution in [-0.4, -0.2) is 30.3 Å². The van der Waals surface area contributed by atoms with Crippen LogP contribution in [0.2, 0.25) is 0 Å². The van der Waals surface area contributed by atoms with E-state index >= 15 is 0 Å². The smallest absolute Gasteiger partial charge is 0.255 e. The van der Waals surface area contributed by atoms with E-state index in [9.17, 15) is 13.6 Å². The third-order valence-electron chi connectivity index (χ3n) is 1.53. The highest BCUT2D eigenvalue weighted by molar-refractivity contribution is 5.78. The van der Waals surface area contributed by atoms with Gasteiger partial charge in [0.15, 0.2) is 0 Å². The first-order valence-corrected chi connectivity index (χ1v) is 3.26. The Morgan fingerprint density at radius 2 is 2.30 bits per heavy atom. The fourth-order valence-electron chi connectivity index (χ4n) is 1.06. The second kappa shape index (κ2) is 2.94.